The number of hydrogen-bond donors (Lipinski definition) is 1. The van der Waals surface area contributed by atoms with Gasteiger partial charge in [0.2, 0.25) is 0 Å². The van der Waals surface area contributed by atoms with Gasteiger partial charge in [0.1, 0.15) is 0 Å². The highest BCUT2D eigenvalue weighted by Gasteiger charge is 2.23. The fraction of sp³-hybridized carbons (Fsp3) is 0.429. The third kappa shape index (κ3) is 1.54. The maximum Gasteiger partial charge on any atom is 0.0510 e. The van der Waals surface area contributed by atoms with Gasteiger partial charge >= 0.3 is 0 Å². The Morgan fingerprint density at radius 3 is 2.62 bits per heavy atom. The zero-order valence-electron chi connectivity index (χ0n) is 10.5. The van der Waals surface area contributed by atoms with Crippen LogP contribution in [0.2, 0.25) is 0 Å². The number of para-hydroxylation sites is 1. The molecule has 2 N–H and O–H groups in total. The molecular formula is C14H20N2. The summed E-state index contributed by atoms with van der Waals surface area (Å²) >= 11 is 0. The first-order chi connectivity index (χ1) is 7.47. The van der Waals surface area contributed by atoms with Crippen molar-refractivity contribution in [1.82, 2.24) is 4.57 Å². The van der Waals surface area contributed by atoms with E-state index in [1.165, 1.54) is 22.0 Å². The highest BCUT2D eigenvalue weighted by molar-refractivity contribution is 5.87. The Labute approximate surface area is 97.1 Å². The predicted octanol–water partition coefficient (Wildman–Crippen LogP) is 2.72. The lowest BCUT2D eigenvalue weighted by atomic mass is 9.84. The molecule has 2 nitrogen and oxygen atoms in total. The van der Waals surface area contributed by atoms with E-state index in [9.17, 15) is 0 Å². The quantitative estimate of drug-likeness (QED) is 0.822. The maximum absolute atomic E-state index is 5.87. The van der Waals surface area contributed by atoms with Crippen LogP contribution in [0.3, 0.4) is 0 Å². The molecule has 1 aromatic heterocycles. The maximum atomic E-state index is 5.87. The molecule has 86 valence electrons. The van der Waals surface area contributed by atoms with Crippen LogP contribution in [-0.2, 0) is 12.5 Å². The lowest BCUT2D eigenvalue weighted by Gasteiger charge is -2.21. The van der Waals surface area contributed by atoms with E-state index in [1.54, 1.807) is 0 Å². The van der Waals surface area contributed by atoms with Gasteiger partial charge < -0.3 is 10.3 Å². The minimum absolute atomic E-state index is 0.0350. The Balaban J connectivity index is 2.79. The molecule has 2 rings (SSSR count). The lowest BCUT2D eigenvalue weighted by molar-refractivity contribution is 0.542. The van der Waals surface area contributed by atoms with Crippen molar-refractivity contribution < 1.29 is 0 Å². The average molecular weight is 216 g/mol. The number of hydrogen-bond acceptors (Lipinski definition) is 1. The van der Waals surface area contributed by atoms with Crippen molar-refractivity contribution in [2.45, 2.75) is 26.2 Å². The smallest absolute Gasteiger partial charge is 0.0510 e. The fourth-order valence-electron chi connectivity index (χ4n) is 2.32. The molecule has 2 heteroatoms. The predicted molar refractivity (Wildman–Crippen MR) is 69.7 cm³/mol. The number of benzene rings is 1. The summed E-state index contributed by atoms with van der Waals surface area (Å²) in [6, 6.07) is 6.46. The van der Waals surface area contributed by atoms with Crippen molar-refractivity contribution in [2.24, 2.45) is 12.8 Å². The van der Waals surface area contributed by atoms with Crippen LogP contribution >= 0.6 is 0 Å². The zero-order valence-corrected chi connectivity index (χ0v) is 10.5. The summed E-state index contributed by atoms with van der Waals surface area (Å²) in [7, 11) is 2.10. The molecule has 0 saturated carbocycles. The van der Waals surface area contributed by atoms with Crippen LogP contribution in [-0.4, -0.2) is 11.1 Å². The first-order valence-electron chi connectivity index (χ1n) is 5.72. The molecule has 0 bridgehead atoms. The third-order valence-corrected chi connectivity index (χ3v) is 3.44. The Bertz CT molecular complexity index is 521. The summed E-state index contributed by atoms with van der Waals surface area (Å²) in [5.74, 6) is 0. The van der Waals surface area contributed by atoms with E-state index >= 15 is 0 Å². The van der Waals surface area contributed by atoms with Crippen molar-refractivity contribution in [2.75, 3.05) is 6.54 Å². The minimum Gasteiger partial charge on any atom is -0.350 e. The van der Waals surface area contributed by atoms with Crippen molar-refractivity contribution in [3.8, 4) is 0 Å². The molecule has 0 spiro atoms. The van der Waals surface area contributed by atoms with E-state index in [0.717, 1.165) is 0 Å². The summed E-state index contributed by atoms with van der Waals surface area (Å²) in [4.78, 5) is 0. The van der Waals surface area contributed by atoms with Crippen molar-refractivity contribution in [3.05, 3.63) is 35.5 Å². The van der Waals surface area contributed by atoms with Crippen LogP contribution in [0.5, 0.6) is 0 Å². The summed E-state index contributed by atoms with van der Waals surface area (Å²) in [5.41, 5.74) is 9.88. The summed E-state index contributed by atoms with van der Waals surface area (Å²) in [6.07, 6.45) is 2.21. The van der Waals surface area contributed by atoms with Gasteiger partial charge in [0.15, 0.2) is 0 Å². The van der Waals surface area contributed by atoms with E-state index in [0.29, 0.717) is 6.54 Å². The Morgan fingerprint density at radius 1 is 1.31 bits per heavy atom. The van der Waals surface area contributed by atoms with Crippen LogP contribution in [0.4, 0.5) is 0 Å². The molecule has 16 heavy (non-hydrogen) atoms. The molecule has 1 heterocycles. The summed E-state index contributed by atoms with van der Waals surface area (Å²) in [6.45, 7) is 7.22. The van der Waals surface area contributed by atoms with Gasteiger partial charge in [0, 0.05) is 30.6 Å². The molecule has 0 amide bonds. The van der Waals surface area contributed by atoms with Gasteiger partial charge in [-0.05, 0) is 18.1 Å². The van der Waals surface area contributed by atoms with Gasteiger partial charge in [0.25, 0.3) is 0 Å². The molecule has 2 aromatic rings. The van der Waals surface area contributed by atoms with Crippen LogP contribution in [0, 0.1) is 6.92 Å². The van der Waals surface area contributed by atoms with E-state index in [1.807, 2.05) is 0 Å². The summed E-state index contributed by atoms with van der Waals surface area (Å²) in [5, 5.41) is 1.33. The zero-order chi connectivity index (χ0) is 11.9. The van der Waals surface area contributed by atoms with Crippen LogP contribution < -0.4 is 5.73 Å². The molecule has 0 radical (unpaired) electrons. The fourth-order valence-corrected chi connectivity index (χ4v) is 2.32. The van der Waals surface area contributed by atoms with Gasteiger partial charge in [-0.1, -0.05) is 32.0 Å². The molecule has 1 aromatic carbocycles. The van der Waals surface area contributed by atoms with E-state index in [4.69, 9.17) is 5.73 Å². The van der Waals surface area contributed by atoms with Gasteiger partial charge in [-0.3, -0.25) is 0 Å². The van der Waals surface area contributed by atoms with Crippen LogP contribution in [0.25, 0.3) is 10.9 Å². The third-order valence-electron chi connectivity index (χ3n) is 3.44. The number of rotatable bonds is 2. The lowest BCUT2D eigenvalue weighted by Crippen LogP contribution is -2.27. The number of nitrogens with two attached hydrogens (primary N) is 1. The highest BCUT2D eigenvalue weighted by Crippen LogP contribution is 2.32. The van der Waals surface area contributed by atoms with Crippen molar-refractivity contribution in [3.63, 3.8) is 0 Å². The normalized spacial score (nSPS) is 12.3. The molecule has 0 saturated heterocycles. The van der Waals surface area contributed by atoms with E-state index in [2.05, 4.69) is 56.8 Å². The van der Waals surface area contributed by atoms with Crippen LogP contribution in [0.15, 0.2) is 24.4 Å². The Morgan fingerprint density at radius 2 is 2.00 bits per heavy atom. The molecule has 0 unspecified atom stereocenters. The van der Waals surface area contributed by atoms with Crippen molar-refractivity contribution in [1.29, 1.82) is 0 Å². The topological polar surface area (TPSA) is 30.9 Å². The number of fused-ring (bicyclic) bond motifs is 1. The molecule has 0 aliphatic carbocycles. The SMILES string of the molecule is Cc1cccc2c(C(C)(C)CN)cn(C)c12. The monoisotopic (exact) mass is 216 g/mol. The summed E-state index contributed by atoms with van der Waals surface area (Å²) < 4.78 is 2.21. The van der Waals surface area contributed by atoms with E-state index < -0.39 is 0 Å². The van der Waals surface area contributed by atoms with Gasteiger partial charge in [-0.25, -0.2) is 0 Å². The Kier molecular flexibility index (Phi) is 2.55. The first-order valence-corrected chi connectivity index (χ1v) is 5.72. The molecule has 0 aliphatic heterocycles. The second-order valence-corrected chi connectivity index (χ2v) is 5.21. The Hall–Kier alpha value is -1.28. The number of aromatic nitrogens is 1. The minimum atomic E-state index is 0.0350. The molecule has 0 fully saturated rings. The second kappa shape index (κ2) is 3.63. The molecule has 0 aliphatic rings. The first kappa shape index (κ1) is 11.2. The van der Waals surface area contributed by atoms with Gasteiger partial charge in [-0.15, -0.1) is 0 Å². The number of nitrogens with zero attached hydrogens (tertiary/aromatic N) is 1. The van der Waals surface area contributed by atoms with E-state index in [-0.39, 0.29) is 5.41 Å². The van der Waals surface area contributed by atoms with Gasteiger partial charge in [-0.2, -0.15) is 0 Å². The molecule has 0 atom stereocenters. The van der Waals surface area contributed by atoms with Gasteiger partial charge in [0.05, 0.1) is 5.52 Å². The van der Waals surface area contributed by atoms with Crippen molar-refractivity contribution >= 4 is 10.9 Å². The standard InChI is InChI=1S/C14H20N2/c1-10-6-5-7-11-12(14(2,3)9-15)8-16(4)13(10)11/h5-8H,9,15H2,1-4H3. The molecular weight excluding hydrogens is 196 g/mol. The van der Waals surface area contributed by atoms with Crippen LogP contribution in [0.1, 0.15) is 25.0 Å². The highest BCUT2D eigenvalue weighted by atomic mass is 14.9. The number of aryl methyl sites for hydroxylation is 2. The second-order valence-electron chi connectivity index (χ2n) is 5.21. The largest absolute Gasteiger partial charge is 0.350 e. The average Bonchev–Trinajstić information content (AvgIpc) is 2.58.